The lowest BCUT2D eigenvalue weighted by Crippen LogP contribution is -2.47. The van der Waals surface area contributed by atoms with Crippen molar-refractivity contribution in [2.45, 2.75) is 25.2 Å². The van der Waals surface area contributed by atoms with Crippen molar-refractivity contribution < 1.29 is 9.90 Å². The Kier molecular flexibility index (Phi) is 4.60. The summed E-state index contributed by atoms with van der Waals surface area (Å²) in [7, 11) is 0. The third-order valence-electron chi connectivity index (χ3n) is 8.01. The molecule has 8 rings (SSSR count). The summed E-state index contributed by atoms with van der Waals surface area (Å²) in [6.45, 7) is 2.11. The summed E-state index contributed by atoms with van der Waals surface area (Å²) >= 11 is 1.45. The Bertz CT molecular complexity index is 1630. The Balaban J connectivity index is 1.23. The van der Waals surface area contributed by atoms with E-state index < -0.39 is 5.41 Å². The Morgan fingerprint density at radius 2 is 1.64 bits per heavy atom. The van der Waals surface area contributed by atoms with Crippen LogP contribution in [0.2, 0.25) is 0 Å². The van der Waals surface area contributed by atoms with Crippen LogP contribution in [0.1, 0.15) is 47.4 Å². The average Bonchev–Trinajstić information content (AvgIpc) is 3.36. The molecule has 176 valence electrons. The SMILES string of the molecule is CC1(C(=O)Nc2nc(-c3cccc4cc(O)ccc34)cs2)CC2c3ccccc3C1c1ccccc12. The van der Waals surface area contributed by atoms with Gasteiger partial charge in [0.2, 0.25) is 5.91 Å². The molecular formula is C31H24N2O2S. The molecule has 1 heterocycles. The molecule has 1 atom stereocenters. The molecule has 5 aromatic rings. The lowest BCUT2D eigenvalue weighted by Gasteiger charge is -2.50. The second-order valence-electron chi connectivity index (χ2n) is 10.1. The highest BCUT2D eigenvalue weighted by Crippen LogP contribution is 2.61. The molecule has 1 amide bonds. The third-order valence-corrected chi connectivity index (χ3v) is 8.77. The van der Waals surface area contributed by atoms with E-state index in [1.54, 1.807) is 12.1 Å². The number of nitrogens with zero attached hydrogens (tertiary/aromatic N) is 1. The Morgan fingerprint density at radius 1 is 0.944 bits per heavy atom. The minimum atomic E-state index is -0.573. The van der Waals surface area contributed by atoms with Crippen LogP contribution in [-0.4, -0.2) is 16.0 Å². The van der Waals surface area contributed by atoms with Gasteiger partial charge < -0.3 is 10.4 Å². The number of aromatic hydroxyl groups is 1. The van der Waals surface area contributed by atoms with Crippen molar-refractivity contribution in [3.63, 3.8) is 0 Å². The zero-order valence-electron chi connectivity index (χ0n) is 19.7. The molecule has 0 saturated heterocycles. The van der Waals surface area contributed by atoms with Gasteiger partial charge in [-0.1, -0.05) is 72.8 Å². The lowest BCUT2D eigenvalue weighted by molar-refractivity contribution is -0.126. The predicted octanol–water partition coefficient (Wildman–Crippen LogP) is 7.29. The van der Waals surface area contributed by atoms with Gasteiger partial charge >= 0.3 is 0 Å². The quantitative estimate of drug-likeness (QED) is 0.280. The van der Waals surface area contributed by atoms with Crippen LogP contribution >= 0.6 is 11.3 Å². The maximum absolute atomic E-state index is 13.9. The first-order valence-electron chi connectivity index (χ1n) is 12.2. The van der Waals surface area contributed by atoms with Crippen molar-refractivity contribution >= 4 is 33.1 Å². The van der Waals surface area contributed by atoms with E-state index in [2.05, 4.69) is 60.8 Å². The molecule has 0 aliphatic heterocycles. The highest BCUT2D eigenvalue weighted by Gasteiger charge is 2.53. The van der Waals surface area contributed by atoms with Crippen molar-refractivity contribution in [3.8, 4) is 17.0 Å². The third kappa shape index (κ3) is 3.06. The van der Waals surface area contributed by atoms with Crippen LogP contribution in [-0.2, 0) is 4.79 Å². The molecule has 0 fully saturated rings. The number of rotatable bonds is 3. The first kappa shape index (κ1) is 21.3. The van der Waals surface area contributed by atoms with E-state index in [4.69, 9.17) is 4.98 Å². The van der Waals surface area contributed by atoms with Crippen molar-refractivity contribution in [1.29, 1.82) is 0 Å². The van der Waals surface area contributed by atoms with Gasteiger partial charge in [0.25, 0.3) is 0 Å². The second kappa shape index (κ2) is 7.77. The monoisotopic (exact) mass is 488 g/mol. The Morgan fingerprint density at radius 3 is 2.36 bits per heavy atom. The Hall–Kier alpha value is -3.96. The second-order valence-corrected chi connectivity index (χ2v) is 10.9. The maximum Gasteiger partial charge on any atom is 0.233 e. The van der Waals surface area contributed by atoms with Gasteiger partial charge in [-0.2, -0.15) is 0 Å². The van der Waals surface area contributed by atoms with E-state index in [-0.39, 0.29) is 23.5 Å². The first-order chi connectivity index (χ1) is 17.5. The van der Waals surface area contributed by atoms with Crippen LogP contribution < -0.4 is 5.32 Å². The van der Waals surface area contributed by atoms with Gasteiger partial charge in [0.05, 0.1) is 11.1 Å². The van der Waals surface area contributed by atoms with Crippen LogP contribution in [0.4, 0.5) is 5.13 Å². The van der Waals surface area contributed by atoms with E-state index in [1.165, 1.54) is 33.6 Å². The number of phenols is 1. The molecule has 3 aliphatic carbocycles. The van der Waals surface area contributed by atoms with Crippen LogP contribution in [0.25, 0.3) is 22.0 Å². The number of carbonyl (C=O) groups excluding carboxylic acids is 1. The summed E-state index contributed by atoms with van der Waals surface area (Å²) in [5.74, 6) is 0.492. The molecule has 3 aliphatic rings. The van der Waals surface area contributed by atoms with Gasteiger partial charge in [-0.15, -0.1) is 11.3 Å². The molecule has 0 saturated carbocycles. The zero-order chi connectivity index (χ0) is 24.4. The number of nitrogens with one attached hydrogen (secondary N) is 1. The van der Waals surface area contributed by atoms with E-state index in [1.807, 2.05) is 29.6 Å². The van der Waals surface area contributed by atoms with E-state index >= 15 is 0 Å². The van der Waals surface area contributed by atoms with Gasteiger partial charge in [0.1, 0.15) is 5.75 Å². The van der Waals surface area contributed by atoms with Crippen molar-refractivity contribution in [3.05, 3.63) is 113 Å². The normalized spacial score (nSPS) is 21.7. The molecule has 1 unspecified atom stereocenters. The summed E-state index contributed by atoms with van der Waals surface area (Å²) in [5, 5.41) is 17.6. The fourth-order valence-corrected chi connectivity index (χ4v) is 7.08. The minimum Gasteiger partial charge on any atom is -0.508 e. The molecule has 2 bridgehead atoms. The van der Waals surface area contributed by atoms with E-state index in [9.17, 15) is 9.90 Å². The van der Waals surface area contributed by atoms with Crippen molar-refractivity contribution in [2.75, 3.05) is 5.32 Å². The number of benzene rings is 4. The number of hydrogen-bond donors (Lipinski definition) is 2. The number of anilines is 1. The van der Waals surface area contributed by atoms with Crippen LogP contribution in [0.3, 0.4) is 0 Å². The topological polar surface area (TPSA) is 62.2 Å². The maximum atomic E-state index is 13.9. The molecule has 0 spiro atoms. The number of fused-ring (bicyclic) bond motifs is 2. The van der Waals surface area contributed by atoms with Crippen LogP contribution in [0.15, 0.2) is 90.3 Å². The molecule has 4 aromatic carbocycles. The highest BCUT2D eigenvalue weighted by atomic mass is 32.1. The molecule has 5 heteroatoms. The summed E-state index contributed by atoms with van der Waals surface area (Å²) in [5.41, 5.74) is 6.46. The van der Waals surface area contributed by atoms with Crippen LogP contribution in [0, 0.1) is 5.41 Å². The number of amides is 1. The van der Waals surface area contributed by atoms with Gasteiger partial charge in [-0.05, 0) is 58.5 Å². The van der Waals surface area contributed by atoms with E-state index in [0.717, 1.165) is 28.5 Å². The van der Waals surface area contributed by atoms with Gasteiger partial charge in [0.15, 0.2) is 5.13 Å². The fraction of sp³-hybridized carbons (Fsp3) is 0.161. The van der Waals surface area contributed by atoms with Crippen LogP contribution in [0.5, 0.6) is 5.75 Å². The van der Waals surface area contributed by atoms with Crippen molar-refractivity contribution in [1.82, 2.24) is 4.98 Å². The summed E-state index contributed by atoms with van der Waals surface area (Å²) in [4.78, 5) is 18.7. The largest absolute Gasteiger partial charge is 0.508 e. The smallest absolute Gasteiger partial charge is 0.233 e. The average molecular weight is 489 g/mol. The molecule has 4 nitrogen and oxygen atoms in total. The molecule has 1 aromatic heterocycles. The lowest BCUT2D eigenvalue weighted by atomic mass is 9.52. The number of carbonyl (C=O) groups is 1. The molecule has 36 heavy (non-hydrogen) atoms. The van der Waals surface area contributed by atoms with Gasteiger partial charge in [-0.25, -0.2) is 4.98 Å². The highest BCUT2D eigenvalue weighted by molar-refractivity contribution is 7.14. The van der Waals surface area contributed by atoms with Crippen molar-refractivity contribution in [2.24, 2.45) is 5.41 Å². The van der Waals surface area contributed by atoms with Gasteiger partial charge in [0, 0.05) is 22.8 Å². The van der Waals surface area contributed by atoms with Gasteiger partial charge in [-0.3, -0.25) is 4.79 Å². The number of phenolic OH excluding ortho intramolecular Hbond substituents is 1. The molecule has 0 radical (unpaired) electrons. The zero-order valence-corrected chi connectivity index (χ0v) is 20.5. The summed E-state index contributed by atoms with van der Waals surface area (Å²) < 4.78 is 0. The first-order valence-corrected chi connectivity index (χ1v) is 13.1. The fourth-order valence-electron chi connectivity index (χ4n) is 6.38. The number of thiazole rings is 1. The molecular weight excluding hydrogens is 464 g/mol. The number of hydrogen-bond acceptors (Lipinski definition) is 4. The summed E-state index contributed by atoms with van der Waals surface area (Å²) in [6, 6.07) is 28.5. The predicted molar refractivity (Wildman–Crippen MR) is 145 cm³/mol. The standard InChI is InChI=1S/C31H24N2O2S/c1-31(16-26-21-8-2-4-10-24(21)28(31)25-11-5-3-9-22(25)26)29(35)33-30-32-27(17-36-30)23-12-6-7-18-15-19(34)13-14-20(18)23/h2-15,17,26,28,34H,16H2,1H3,(H,32,33,35). The van der Waals surface area contributed by atoms with E-state index in [0.29, 0.717) is 5.13 Å². The summed E-state index contributed by atoms with van der Waals surface area (Å²) in [6.07, 6.45) is 0.780. The molecule has 2 N–H and O–H groups in total. The number of aromatic nitrogens is 1. The minimum absolute atomic E-state index is 0.0140. The Labute approximate surface area is 213 Å².